The molecule has 2 aromatic rings. The van der Waals surface area contributed by atoms with E-state index in [1.165, 1.54) is 11.9 Å². The fourth-order valence-corrected chi connectivity index (χ4v) is 2.21. The van der Waals surface area contributed by atoms with Crippen molar-refractivity contribution in [3.8, 4) is 0 Å². The average Bonchev–Trinajstić information content (AvgIpc) is 2.60. The summed E-state index contributed by atoms with van der Waals surface area (Å²) < 4.78 is 0. The zero-order valence-corrected chi connectivity index (χ0v) is 14.0. The Balaban J connectivity index is 2.08. The van der Waals surface area contributed by atoms with Gasteiger partial charge in [-0.1, -0.05) is 32.4 Å². The molecule has 1 aromatic heterocycles. The quantitative estimate of drug-likeness (QED) is 0.847. The van der Waals surface area contributed by atoms with Gasteiger partial charge in [0.05, 0.1) is 0 Å². The van der Waals surface area contributed by atoms with Crippen LogP contribution in [0.25, 0.3) is 0 Å². The van der Waals surface area contributed by atoms with E-state index in [0.29, 0.717) is 11.5 Å². The second-order valence-corrected chi connectivity index (χ2v) is 5.54. The normalized spacial score (nSPS) is 10.4. The molecule has 0 atom stereocenters. The second kappa shape index (κ2) is 8.27. The molecule has 0 unspecified atom stereocenters. The topological polar surface area (TPSA) is 58.1 Å². The Morgan fingerprint density at radius 3 is 2.57 bits per heavy atom. The summed E-state index contributed by atoms with van der Waals surface area (Å²) in [7, 11) is 1.80. The number of benzene rings is 1. The largest absolute Gasteiger partial charge is 0.340 e. The van der Waals surface area contributed by atoms with E-state index >= 15 is 0 Å². The van der Waals surface area contributed by atoms with Gasteiger partial charge in [0.15, 0.2) is 0 Å². The molecule has 2 rings (SSSR count). The Morgan fingerprint density at radius 2 is 1.91 bits per heavy atom. The lowest BCUT2D eigenvalue weighted by atomic mass is 10.1. The summed E-state index contributed by atoms with van der Waals surface area (Å²) in [5, 5.41) is 3.21. The van der Waals surface area contributed by atoms with Crippen LogP contribution in [-0.2, 0) is 6.42 Å². The zero-order chi connectivity index (χ0) is 16.7. The molecule has 0 saturated heterocycles. The first-order chi connectivity index (χ1) is 11.1. The minimum atomic E-state index is -0.0785. The molecule has 0 spiro atoms. The summed E-state index contributed by atoms with van der Waals surface area (Å²) >= 11 is 0. The molecular weight excluding hydrogens is 288 g/mol. The van der Waals surface area contributed by atoms with Crippen LogP contribution in [0, 0.1) is 0 Å². The molecule has 1 N–H and O–H groups in total. The molecule has 0 bridgehead atoms. The average molecular weight is 312 g/mol. The van der Waals surface area contributed by atoms with Gasteiger partial charge in [0.25, 0.3) is 5.91 Å². The molecule has 5 nitrogen and oxygen atoms in total. The molecule has 0 fully saturated rings. The molecule has 1 aromatic carbocycles. The Morgan fingerprint density at radius 1 is 1.17 bits per heavy atom. The number of carbonyl (C=O) groups is 1. The summed E-state index contributed by atoms with van der Waals surface area (Å²) in [6.07, 6.45) is 4.48. The SMILES string of the molecule is CCCCN(C)C(=O)c1cc(Nc2ccc(CC)cc2)ncn1. The van der Waals surface area contributed by atoms with Crippen molar-refractivity contribution in [1.82, 2.24) is 14.9 Å². The van der Waals surface area contributed by atoms with Crippen molar-refractivity contribution in [2.24, 2.45) is 0 Å². The molecule has 0 aliphatic carbocycles. The second-order valence-electron chi connectivity index (χ2n) is 5.54. The fraction of sp³-hybridized carbons (Fsp3) is 0.389. The maximum atomic E-state index is 12.3. The van der Waals surface area contributed by atoms with Crippen LogP contribution in [0.15, 0.2) is 36.7 Å². The van der Waals surface area contributed by atoms with Crippen LogP contribution in [0.1, 0.15) is 42.7 Å². The van der Waals surface area contributed by atoms with E-state index in [9.17, 15) is 4.79 Å². The van der Waals surface area contributed by atoms with Crippen LogP contribution in [0.5, 0.6) is 0 Å². The van der Waals surface area contributed by atoms with Crippen molar-refractivity contribution in [3.63, 3.8) is 0 Å². The van der Waals surface area contributed by atoms with Gasteiger partial charge in [-0.15, -0.1) is 0 Å². The van der Waals surface area contributed by atoms with Crippen LogP contribution in [0.4, 0.5) is 11.5 Å². The van der Waals surface area contributed by atoms with Crippen molar-refractivity contribution in [3.05, 3.63) is 47.9 Å². The Kier molecular flexibility index (Phi) is 6.09. The van der Waals surface area contributed by atoms with E-state index < -0.39 is 0 Å². The number of anilines is 2. The molecule has 5 heteroatoms. The first-order valence-corrected chi connectivity index (χ1v) is 8.07. The molecule has 1 heterocycles. The highest BCUT2D eigenvalue weighted by molar-refractivity contribution is 5.92. The van der Waals surface area contributed by atoms with Gasteiger partial charge in [-0.2, -0.15) is 0 Å². The molecule has 0 saturated carbocycles. The van der Waals surface area contributed by atoms with Crippen molar-refractivity contribution >= 4 is 17.4 Å². The number of amides is 1. The Bertz CT molecular complexity index is 640. The first-order valence-electron chi connectivity index (χ1n) is 8.07. The molecule has 0 aliphatic heterocycles. The highest BCUT2D eigenvalue weighted by Gasteiger charge is 2.13. The third kappa shape index (κ3) is 4.77. The molecule has 0 aliphatic rings. The first kappa shape index (κ1) is 16.9. The van der Waals surface area contributed by atoms with Gasteiger partial charge >= 0.3 is 0 Å². The van der Waals surface area contributed by atoms with E-state index in [4.69, 9.17) is 0 Å². The van der Waals surface area contributed by atoms with Gasteiger partial charge in [0, 0.05) is 25.3 Å². The number of nitrogens with zero attached hydrogens (tertiary/aromatic N) is 3. The number of unbranched alkanes of at least 4 members (excludes halogenated alkanes) is 1. The molecule has 23 heavy (non-hydrogen) atoms. The van der Waals surface area contributed by atoms with E-state index in [0.717, 1.165) is 31.5 Å². The predicted molar refractivity (Wildman–Crippen MR) is 93.0 cm³/mol. The van der Waals surface area contributed by atoms with Gasteiger partial charge in [-0.3, -0.25) is 4.79 Å². The van der Waals surface area contributed by atoms with Crippen molar-refractivity contribution in [2.45, 2.75) is 33.1 Å². The highest BCUT2D eigenvalue weighted by atomic mass is 16.2. The van der Waals surface area contributed by atoms with Crippen LogP contribution >= 0.6 is 0 Å². The van der Waals surface area contributed by atoms with Gasteiger partial charge in [0.1, 0.15) is 17.8 Å². The van der Waals surface area contributed by atoms with E-state index in [-0.39, 0.29) is 5.91 Å². The third-order valence-corrected chi connectivity index (χ3v) is 3.71. The van der Waals surface area contributed by atoms with Gasteiger partial charge in [-0.05, 0) is 30.5 Å². The fourth-order valence-electron chi connectivity index (χ4n) is 2.21. The van der Waals surface area contributed by atoms with Gasteiger partial charge in [-0.25, -0.2) is 9.97 Å². The summed E-state index contributed by atoms with van der Waals surface area (Å²) in [6, 6.07) is 9.87. The van der Waals surface area contributed by atoms with E-state index in [2.05, 4.69) is 41.3 Å². The third-order valence-electron chi connectivity index (χ3n) is 3.71. The smallest absolute Gasteiger partial charge is 0.272 e. The molecule has 1 amide bonds. The monoisotopic (exact) mass is 312 g/mol. The maximum Gasteiger partial charge on any atom is 0.272 e. The number of aromatic nitrogens is 2. The minimum absolute atomic E-state index is 0.0785. The van der Waals surface area contributed by atoms with E-state index in [1.54, 1.807) is 18.0 Å². The highest BCUT2D eigenvalue weighted by Crippen LogP contribution is 2.16. The summed E-state index contributed by atoms with van der Waals surface area (Å²) in [5.74, 6) is 0.543. The van der Waals surface area contributed by atoms with Crippen molar-refractivity contribution in [1.29, 1.82) is 0 Å². The lowest BCUT2D eigenvalue weighted by Gasteiger charge is -2.16. The zero-order valence-electron chi connectivity index (χ0n) is 14.0. The van der Waals surface area contributed by atoms with Crippen LogP contribution in [-0.4, -0.2) is 34.4 Å². The number of aryl methyl sites for hydroxylation is 1. The van der Waals surface area contributed by atoms with Crippen LogP contribution < -0.4 is 5.32 Å². The van der Waals surface area contributed by atoms with Crippen molar-refractivity contribution < 1.29 is 4.79 Å². The lowest BCUT2D eigenvalue weighted by Crippen LogP contribution is -2.28. The minimum Gasteiger partial charge on any atom is -0.340 e. The predicted octanol–water partition coefficient (Wildman–Crippen LogP) is 3.65. The molecular formula is C18H24N4O. The number of hydrogen-bond donors (Lipinski definition) is 1. The molecule has 122 valence electrons. The number of carbonyl (C=O) groups excluding carboxylic acids is 1. The summed E-state index contributed by atoms with van der Waals surface area (Å²) in [4.78, 5) is 22.3. The molecule has 0 radical (unpaired) electrons. The van der Waals surface area contributed by atoms with Gasteiger partial charge in [0.2, 0.25) is 0 Å². The maximum absolute atomic E-state index is 12.3. The van der Waals surface area contributed by atoms with E-state index in [1.807, 2.05) is 12.1 Å². The number of nitrogens with one attached hydrogen (secondary N) is 1. The summed E-state index contributed by atoms with van der Waals surface area (Å²) in [5.41, 5.74) is 2.64. The van der Waals surface area contributed by atoms with Gasteiger partial charge < -0.3 is 10.2 Å². The number of rotatable bonds is 7. The van der Waals surface area contributed by atoms with Crippen LogP contribution in [0.3, 0.4) is 0 Å². The lowest BCUT2D eigenvalue weighted by molar-refractivity contribution is 0.0787. The summed E-state index contributed by atoms with van der Waals surface area (Å²) in [6.45, 7) is 4.97. The van der Waals surface area contributed by atoms with Crippen LogP contribution in [0.2, 0.25) is 0 Å². The Labute approximate surface area is 137 Å². The standard InChI is InChI=1S/C18H24N4O/c1-4-6-11-22(3)18(23)16-12-17(20-13-19-16)21-15-9-7-14(5-2)8-10-15/h7-10,12-13H,4-6,11H2,1-3H3,(H,19,20,21). The number of hydrogen-bond acceptors (Lipinski definition) is 4. The Hall–Kier alpha value is -2.43. The van der Waals surface area contributed by atoms with Crippen molar-refractivity contribution in [2.75, 3.05) is 18.9 Å².